The maximum atomic E-state index is 13.0. The van der Waals surface area contributed by atoms with Gasteiger partial charge in [0.1, 0.15) is 12.1 Å². The number of amides is 6. The molecule has 0 unspecified atom stereocenters. The third-order valence-electron chi connectivity index (χ3n) is 4.69. The van der Waals surface area contributed by atoms with Crippen molar-refractivity contribution in [1.82, 2.24) is 20.9 Å². The van der Waals surface area contributed by atoms with E-state index in [1.54, 1.807) is 13.0 Å². The molecule has 0 aromatic heterocycles. The van der Waals surface area contributed by atoms with Crippen LogP contribution < -0.4 is 16.0 Å². The smallest absolute Gasteiger partial charge is 0.325 e. The molecule has 2 aromatic rings. The Morgan fingerprint density at radius 1 is 1.11 bits per heavy atom. The van der Waals surface area contributed by atoms with Gasteiger partial charge in [-0.3, -0.25) is 19.8 Å². The van der Waals surface area contributed by atoms with Crippen LogP contribution in [0, 0.1) is 0 Å². The van der Waals surface area contributed by atoms with E-state index < -0.39 is 36.0 Å². The van der Waals surface area contributed by atoms with Crippen LogP contribution >= 0.6 is 0 Å². The van der Waals surface area contributed by atoms with Gasteiger partial charge in [-0.1, -0.05) is 49.4 Å². The molecule has 1 saturated heterocycles. The Morgan fingerprint density at radius 3 is 2.57 bits per heavy atom. The van der Waals surface area contributed by atoms with E-state index in [0.717, 1.165) is 22.1 Å². The number of fused-ring (bicyclic) bond motifs is 1. The number of hydrogen-bond acceptors (Lipinski definition) is 4. The molecule has 1 fully saturated rings. The number of nitrogens with zero attached hydrogens (tertiary/aromatic N) is 1. The first-order chi connectivity index (χ1) is 13.4. The lowest BCUT2D eigenvalue weighted by molar-refractivity contribution is -0.134. The highest BCUT2D eigenvalue weighted by Crippen LogP contribution is 2.33. The van der Waals surface area contributed by atoms with E-state index in [0.29, 0.717) is 12.1 Å². The maximum absolute atomic E-state index is 13.0. The van der Waals surface area contributed by atoms with E-state index in [-0.39, 0.29) is 0 Å². The number of carbonyl (C=O) groups is 4. The number of hydrogen-bond donors (Lipinski definition) is 3. The molecule has 1 atom stereocenters. The Labute approximate surface area is 162 Å². The molecule has 0 bridgehead atoms. The number of nitrogens with one attached hydrogen (secondary N) is 3. The van der Waals surface area contributed by atoms with Gasteiger partial charge in [-0.25, -0.2) is 9.59 Å². The number of rotatable bonds is 5. The largest absolute Gasteiger partial charge is 0.338 e. The zero-order chi connectivity index (χ0) is 20.3. The van der Waals surface area contributed by atoms with Crippen LogP contribution in [0.2, 0.25) is 0 Å². The minimum Gasteiger partial charge on any atom is -0.338 e. The molecule has 1 heterocycles. The van der Waals surface area contributed by atoms with E-state index in [4.69, 9.17) is 0 Å². The van der Waals surface area contributed by atoms with Crippen LogP contribution in [-0.2, 0) is 15.1 Å². The molecule has 0 aliphatic carbocycles. The Hall–Kier alpha value is -3.42. The molecule has 0 saturated carbocycles. The molecule has 3 rings (SSSR count). The quantitative estimate of drug-likeness (QED) is 0.686. The van der Waals surface area contributed by atoms with Crippen molar-refractivity contribution in [3.63, 3.8) is 0 Å². The molecule has 0 spiro atoms. The minimum atomic E-state index is -1.30. The first-order valence-electron chi connectivity index (χ1n) is 9.07. The summed E-state index contributed by atoms with van der Waals surface area (Å²) >= 11 is 0. The van der Waals surface area contributed by atoms with E-state index in [9.17, 15) is 19.2 Å². The van der Waals surface area contributed by atoms with Gasteiger partial charge < -0.3 is 10.6 Å². The molecule has 6 amide bonds. The van der Waals surface area contributed by atoms with Crippen LogP contribution in [0.3, 0.4) is 0 Å². The van der Waals surface area contributed by atoms with Crippen molar-refractivity contribution in [3.05, 3.63) is 48.0 Å². The summed E-state index contributed by atoms with van der Waals surface area (Å²) in [5, 5.41) is 9.08. The van der Waals surface area contributed by atoms with Gasteiger partial charge >= 0.3 is 12.1 Å². The fraction of sp³-hybridized carbons (Fsp3) is 0.300. The summed E-state index contributed by atoms with van der Waals surface area (Å²) < 4.78 is 0. The first-order valence-corrected chi connectivity index (χ1v) is 9.07. The third kappa shape index (κ3) is 3.53. The SMILES string of the molecule is CCCNC(=O)NC(=O)CN1C(=O)N[C@@](C)(c2cccc3ccccc23)C1=O. The van der Waals surface area contributed by atoms with Crippen LogP contribution in [0.15, 0.2) is 42.5 Å². The molecule has 8 heteroatoms. The van der Waals surface area contributed by atoms with Crippen molar-refractivity contribution in [2.24, 2.45) is 0 Å². The van der Waals surface area contributed by atoms with E-state index in [1.165, 1.54) is 0 Å². The lowest BCUT2D eigenvalue weighted by Crippen LogP contribution is -2.47. The molecule has 28 heavy (non-hydrogen) atoms. The standard InChI is InChI=1S/C20H22N4O4/c1-3-11-21-18(27)22-16(25)12-24-17(26)20(2,23-19(24)28)15-10-6-8-13-7-4-5-9-14(13)15/h4-10H,3,11-12H2,1-2H3,(H,23,28)(H2,21,22,25,27)/t20-/m0/s1. The molecule has 146 valence electrons. The molecule has 1 aliphatic heterocycles. The molecule has 1 aliphatic rings. The van der Waals surface area contributed by atoms with E-state index >= 15 is 0 Å². The predicted molar refractivity (Wildman–Crippen MR) is 103 cm³/mol. The van der Waals surface area contributed by atoms with Crippen molar-refractivity contribution >= 4 is 34.6 Å². The van der Waals surface area contributed by atoms with Crippen molar-refractivity contribution in [3.8, 4) is 0 Å². The van der Waals surface area contributed by atoms with Crippen LogP contribution in [0.25, 0.3) is 10.8 Å². The second kappa shape index (κ2) is 7.67. The van der Waals surface area contributed by atoms with Crippen molar-refractivity contribution in [1.29, 1.82) is 0 Å². The second-order valence-corrected chi connectivity index (χ2v) is 6.78. The first kappa shape index (κ1) is 19.3. The average molecular weight is 382 g/mol. The van der Waals surface area contributed by atoms with Gasteiger partial charge in [0.15, 0.2) is 0 Å². The zero-order valence-corrected chi connectivity index (χ0v) is 15.7. The third-order valence-corrected chi connectivity index (χ3v) is 4.69. The number of benzene rings is 2. The Morgan fingerprint density at radius 2 is 1.82 bits per heavy atom. The average Bonchev–Trinajstić information content (AvgIpc) is 2.89. The van der Waals surface area contributed by atoms with Crippen LogP contribution in [-0.4, -0.2) is 41.9 Å². The Kier molecular flexibility index (Phi) is 5.30. The van der Waals surface area contributed by atoms with Crippen LogP contribution in [0.1, 0.15) is 25.8 Å². The predicted octanol–water partition coefficient (Wildman–Crippen LogP) is 1.84. The minimum absolute atomic E-state index is 0.418. The van der Waals surface area contributed by atoms with Crippen LogP contribution in [0.5, 0.6) is 0 Å². The van der Waals surface area contributed by atoms with Gasteiger partial charge in [0.2, 0.25) is 5.91 Å². The van der Waals surface area contributed by atoms with Gasteiger partial charge in [0.05, 0.1) is 0 Å². The van der Waals surface area contributed by atoms with Crippen molar-refractivity contribution < 1.29 is 19.2 Å². The lowest BCUT2D eigenvalue weighted by atomic mass is 9.88. The number of imide groups is 2. The van der Waals surface area contributed by atoms with Crippen molar-refractivity contribution in [2.75, 3.05) is 13.1 Å². The number of urea groups is 2. The molecular weight excluding hydrogens is 360 g/mol. The summed E-state index contributed by atoms with van der Waals surface area (Å²) in [7, 11) is 0. The molecular formula is C20H22N4O4. The van der Waals surface area contributed by atoms with Gasteiger partial charge in [-0.2, -0.15) is 0 Å². The molecule has 3 N–H and O–H groups in total. The Bertz CT molecular complexity index is 953. The molecule has 2 aromatic carbocycles. The monoisotopic (exact) mass is 382 g/mol. The second-order valence-electron chi connectivity index (χ2n) is 6.78. The summed E-state index contributed by atoms with van der Waals surface area (Å²) in [4.78, 5) is 50.0. The van der Waals surface area contributed by atoms with Crippen LogP contribution in [0.4, 0.5) is 9.59 Å². The summed E-state index contributed by atoms with van der Waals surface area (Å²) in [5.41, 5.74) is -0.657. The Balaban J connectivity index is 1.81. The molecule has 8 nitrogen and oxygen atoms in total. The summed E-state index contributed by atoms with van der Waals surface area (Å²) in [6.45, 7) is 3.37. The summed E-state index contributed by atoms with van der Waals surface area (Å²) in [6.07, 6.45) is 0.720. The topological polar surface area (TPSA) is 108 Å². The molecule has 0 radical (unpaired) electrons. The fourth-order valence-electron chi connectivity index (χ4n) is 3.28. The van der Waals surface area contributed by atoms with E-state index in [2.05, 4.69) is 16.0 Å². The van der Waals surface area contributed by atoms with Gasteiger partial charge in [-0.05, 0) is 29.7 Å². The highest BCUT2D eigenvalue weighted by molar-refractivity contribution is 6.11. The summed E-state index contributed by atoms with van der Waals surface area (Å²) in [5.74, 6) is -1.28. The van der Waals surface area contributed by atoms with Gasteiger partial charge in [-0.15, -0.1) is 0 Å². The van der Waals surface area contributed by atoms with E-state index in [1.807, 2.05) is 43.3 Å². The highest BCUT2D eigenvalue weighted by Gasteiger charge is 2.50. The highest BCUT2D eigenvalue weighted by atomic mass is 16.2. The normalized spacial score (nSPS) is 18.9. The fourth-order valence-corrected chi connectivity index (χ4v) is 3.28. The number of carbonyl (C=O) groups excluding carboxylic acids is 4. The zero-order valence-electron chi connectivity index (χ0n) is 15.7. The van der Waals surface area contributed by atoms with Gasteiger partial charge in [0, 0.05) is 6.54 Å². The summed E-state index contributed by atoms with van der Waals surface area (Å²) in [6, 6.07) is 11.7. The van der Waals surface area contributed by atoms with Gasteiger partial charge in [0.25, 0.3) is 5.91 Å². The maximum Gasteiger partial charge on any atom is 0.325 e. The lowest BCUT2D eigenvalue weighted by Gasteiger charge is -2.24. The van der Waals surface area contributed by atoms with Crippen molar-refractivity contribution in [2.45, 2.75) is 25.8 Å².